The maximum atomic E-state index is 9.46. The lowest BCUT2D eigenvalue weighted by atomic mass is 10.1. The second-order valence-corrected chi connectivity index (χ2v) is 5.20. The third kappa shape index (κ3) is 4.59. The number of para-hydroxylation sites is 1. The van der Waals surface area contributed by atoms with Gasteiger partial charge in [-0.05, 0) is 42.5 Å². The maximum absolute atomic E-state index is 9.46. The molecule has 2 aromatic carbocycles. The largest absolute Gasteiger partial charge is 0.489 e. The van der Waals surface area contributed by atoms with Gasteiger partial charge in [-0.1, -0.05) is 42.5 Å². The first-order chi connectivity index (χ1) is 10.2. The number of aliphatic hydroxyl groups is 2. The van der Waals surface area contributed by atoms with Gasteiger partial charge in [-0.2, -0.15) is 0 Å². The fourth-order valence-corrected chi connectivity index (χ4v) is 2.19. The number of hydrogen-bond donors (Lipinski definition) is 2. The second kappa shape index (κ2) is 7.81. The molecule has 0 aromatic heterocycles. The molecule has 0 spiro atoms. The van der Waals surface area contributed by atoms with Crippen LogP contribution in [-0.2, 0) is 13.0 Å². The summed E-state index contributed by atoms with van der Waals surface area (Å²) in [6, 6.07) is 16.0. The maximum Gasteiger partial charge on any atom is 0.122 e. The van der Waals surface area contributed by atoms with Crippen molar-refractivity contribution >= 4 is 0 Å². The van der Waals surface area contributed by atoms with Crippen LogP contribution in [0.25, 0.3) is 0 Å². The quantitative estimate of drug-likeness (QED) is 0.823. The minimum absolute atomic E-state index is 0.202. The van der Waals surface area contributed by atoms with Crippen LogP contribution in [0.5, 0.6) is 5.75 Å². The lowest BCUT2D eigenvalue weighted by molar-refractivity contribution is 0.0884. The molecule has 2 rings (SSSR count). The average molecular weight is 286 g/mol. The summed E-state index contributed by atoms with van der Waals surface area (Å²) >= 11 is 0. The predicted octanol–water partition coefficient (Wildman–Crippen LogP) is 2.86. The van der Waals surface area contributed by atoms with E-state index in [4.69, 9.17) is 9.84 Å². The van der Waals surface area contributed by atoms with Gasteiger partial charge < -0.3 is 14.9 Å². The van der Waals surface area contributed by atoms with Crippen LogP contribution in [0, 0.1) is 6.92 Å². The van der Waals surface area contributed by atoms with Gasteiger partial charge in [0.2, 0.25) is 0 Å². The highest BCUT2D eigenvalue weighted by Gasteiger charge is 2.07. The summed E-state index contributed by atoms with van der Waals surface area (Å²) in [5.41, 5.74) is 3.44. The van der Waals surface area contributed by atoms with Crippen molar-refractivity contribution < 1.29 is 14.9 Å². The molecule has 21 heavy (non-hydrogen) atoms. The molecule has 0 radical (unpaired) electrons. The van der Waals surface area contributed by atoms with Gasteiger partial charge in [-0.25, -0.2) is 0 Å². The molecule has 0 saturated carbocycles. The molecular weight excluding hydrogens is 264 g/mol. The zero-order chi connectivity index (χ0) is 15.1. The fraction of sp³-hybridized carbons (Fsp3) is 0.333. The molecule has 0 amide bonds. The van der Waals surface area contributed by atoms with Gasteiger partial charge in [-0.15, -0.1) is 0 Å². The molecule has 3 nitrogen and oxygen atoms in total. The van der Waals surface area contributed by atoms with Crippen LogP contribution >= 0.6 is 0 Å². The van der Waals surface area contributed by atoms with E-state index in [1.165, 1.54) is 11.1 Å². The van der Waals surface area contributed by atoms with Crippen LogP contribution in [0.15, 0.2) is 48.5 Å². The van der Waals surface area contributed by atoms with E-state index in [2.05, 4.69) is 19.1 Å². The monoisotopic (exact) mass is 286 g/mol. The second-order valence-electron chi connectivity index (χ2n) is 5.20. The smallest absolute Gasteiger partial charge is 0.122 e. The van der Waals surface area contributed by atoms with Crippen molar-refractivity contribution in [2.45, 2.75) is 32.5 Å². The van der Waals surface area contributed by atoms with Crippen molar-refractivity contribution in [1.82, 2.24) is 0 Å². The van der Waals surface area contributed by atoms with Gasteiger partial charge >= 0.3 is 0 Å². The molecule has 0 aliphatic heterocycles. The van der Waals surface area contributed by atoms with Crippen molar-refractivity contribution in [3.63, 3.8) is 0 Å². The molecule has 1 unspecified atom stereocenters. The Morgan fingerprint density at radius 1 is 1.00 bits per heavy atom. The lowest BCUT2D eigenvalue weighted by Gasteiger charge is -2.13. The van der Waals surface area contributed by atoms with Crippen LogP contribution in [0.3, 0.4) is 0 Å². The van der Waals surface area contributed by atoms with Crippen LogP contribution < -0.4 is 4.74 Å². The fourth-order valence-electron chi connectivity index (χ4n) is 2.19. The number of hydrogen-bond acceptors (Lipinski definition) is 3. The molecule has 0 heterocycles. The average Bonchev–Trinajstić information content (AvgIpc) is 2.52. The number of ether oxygens (including phenoxy) is 1. The molecule has 0 saturated heterocycles. The molecule has 112 valence electrons. The molecule has 1 atom stereocenters. The number of aliphatic hydroxyl groups excluding tert-OH is 2. The Kier molecular flexibility index (Phi) is 5.78. The normalized spacial score (nSPS) is 12.1. The Morgan fingerprint density at radius 2 is 1.67 bits per heavy atom. The van der Waals surface area contributed by atoms with Crippen molar-refractivity contribution in [3.05, 3.63) is 65.2 Å². The minimum Gasteiger partial charge on any atom is -0.489 e. The number of aryl methyl sites for hydroxylation is 2. The highest BCUT2D eigenvalue weighted by Crippen LogP contribution is 2.22. The van der Waals surface area contributed by atoms with E-state index in [1.807, 2.05) is 36.4 Å². The van der Waals surface area contributed by atoms with Crippen LogP contribution in [0.1, 0.15) is 23.1 Å². The third-order valence-corrected chi connectivity index (χ3v) is 3.57. The first kappa shape index (κ1) is 15.5. The summed E-state index contributed by atoms with van der Waals surface area (Å²) in [7, 11) is 0. The van der Waals surface area contributed by atoms with Crippen molar-refractivity contribution in [3.8, 4) is 5.75 Å². The van der Waals surface area contributed by atoms with E-state index in [9.17, 15) is 5.11 Å². The van der Waals surface area contributed by atoms with E-state index in [-0.39, 0.29) is 6.61 Å². The van der Waals surface area contributed by atoms with Gasteiger partial charge in [0.05, 0.1) is 12.7 Å². The molecular formula is C18H22O3. The molecule has 0 aliphatic carbocycles. The van der Waals surface area contributed by atoms with E-state index in [0.29, 0.717) is 19.4 Å². The summed E-state index contributed by atoms with van der Waals surface area (Å²) < 4.78 is 5.93. The van der Waals surface area contributed by atoms with Gasteiger partial charge in [-0.3, -0.25) is 0 Å². The topological polar surface area (TPSA) is 49.7 Å². The summed E-state index contributed by atoms with van der Waals surface area (Å²) in [6.07, 6.45) is 0.543. The Balaban J connectivity index is 2.01. The van der Waals surface area contributed by atoms with Gasteiger partial charge in [0, 0.05) is 0 Å². The highest BCUT2D eigenvalue weighted by atomic mass is 16.5. The first-order valence-corrected chi connectivity index (χ1v) is 7.25. The molecule has 2 aromatic rings. The molecule has 0 bridgehead atoms. The standard InChI is InChI=1S/C18H22O3/c1-14-6-2-3-8-16(14)13-21-18-9-5-4-7-15(18)10-11-17(20)12-19/h2-9,17,19-20H,10-13H2,1H3. The lowest BCUT2D eigenvalue weighted by Crippen LogP contribution is -2.13. The van der Waals surface area contributed by atoms with Crippen LogP contribution in [0.4, 0.5) is 0 Å². The van der Waals surface area contributed by atoms with Gasteiger partial charge in [0.1, 0.15) is 12.4 Å². The number of benzene rings is 2. The Hall–Kier alpha value is -1.84. The van der Waals surface area contributed by atoms with E-state index >= 15 is 0 Å². The highest BCUT2D eigenvalue weighted by molar-refractivity contribution is 5.34. The van der Waals surface area contributed by atoms with E-state index in [0.717, 1.165) is 11.3 Å². The third-order valence-electron chi connectivity index (χ3n) is 3.57. The summed E-state index contributed by atoms with van der Waals surface area (Å²) in [5.74, 6) is 0.839. The summed E-state index contributed by atoms with van der Waals surface area (Å²) in [4.78, 5) is 0. The SMILES string of the molecule is Cc1ccccc1COc1ccccc1CCC(O)CO. The summed E-state index contributed by atoms with van der Waals surface area (Å²) in [5, 5.41) is 18.3. The molecule has 2 N–H and O–H groups in total. The Labute approximate surface area is 125 Å². The molecule has 0 aliphatic rings. The van der Waals surface area contributed by atoms with Gasteiger partial charge in [0.15, 0.2) is 0 Å². The Bertz CT molecular complexity index is 566. The Morgan fingerprint density at radius 3 is 2.38 bits per heavy atom. The predicted molar refractivity (Wildman–Crippen MR) is 83.4 cm³/mol. The summed E-state index contributed by atoms with van der Waals surface area (Å²) in [6.45, 7) is 2.40. The van der Waals surface area contributed by atoms with Crippen LogP contribution in [-0.4, -0.2) is 22.9 Å². The van der Waals surface area contributed by atoms with Crippen molar-refractivity contribution in [1.29, 1.82) is 0 Å². The van der Waals surface area contributed by atoms with Crippen LogP contribution in [0.2, 0.25) is 0 Å². The minimum atomic E-state index is -0.672. The van der Waals surface area contributed by atoms with Gasteiger partial charge in [0.25, 0.3) is 0 Å². The molecule has 0 fully saturated rings. The van der Waals surface area contributed by atoms with E-state index in [1.54, 1.807) is 0 Å². The van der Waals surface area contributed by atoms with E-state index < -0.39 is 6.10 Å². The zero-order valence-electron chi connectivity index (χ0n) is 12.3. The first-order valence-electron chi connectivity index (χ1n) is 7.25. The molecule has 3 heteroatoms. The van der Waals surface area contributed by atoms with Crippen molar-refractivity contribution in [2.75, 3.05) is 6.61 Å². The zero-order valence-corrected chi connectivity index (χ0v) is 12.3. The number of rotatable bonds is 7. The van der Waals surface area contributed by atoms with Crippen molar-refractivity contribution in [2.24, 2.45) is 0 Å².